The third kappa shape index (κ3) is 3.15. The Kier molecular flexibility index (Phi) is 4.03. The van der Waals surface area contributed by atoms with Gasteiger partial charge in [0.05, 0.1) is 4.92 Å². The van der Waals surface area contributed by atoms with Gasteiger partial charge in [-0.15, -0.1) is 0 Å². The first-order chi connectivity index (χ1) is 9.47. The number of benzene rings is 2. The number of nitro benzene ring substituents is 1. The van der Waals surface area contributed by atoms with Crippen LogP contribution in [-0.2, 0) is 0 Å². The number of nitrogens with one attached hydrogen (secondary N) is 1. The number of anilines is 1. The zero-order valence-electron chi connectivity index (χ0n) is 11.9. The van der Waals surface area contributed by atoms with Crippen molar-refractivity contribution in [1.82, 2.24) is 0 Å². The first kappa shape index (κ1) is 14.1. The zero-order valence-corrected chi connectivity index (χ0v) is 11.9. The topological polar surface area (TPSA) is 55.2 Å². The zero-order chi connectivity index (χ0) is 14.7. The van der Waals surface area contributed by atoms with E-state index in [1.165, 1.54) is 23.3 Å². The molecule has 4 heteroatoms. The lowest BCUT2D eigenvalue weighted by Gasteiger charge is -2.17. The Morgan fingerprint density at radius 1 is 1.10 bits per heavy atom. The van der Waals surface area contributed by atoms with Crippen LogP contribution in [0.1, 0.15) is 29.7 Å². The number of aryl methyl sites for hydroxylation is 2. The number of hydrogen-bond donors (Lipinski definition) is 1. The molecule has 1 atom stereocenters. The molecule has 0 amide bonds. The van der Waals surface area contributed by atoms with Crippen LogP contribution in [-0.4, -0.2) is 4.92 Å². The fourth-order valence-electron chi connectivity index (χ4n) is 2.18. The third-order valence-corrected chi connectivity index (χ3v) is 3.36. The molecule has 0 aliphatic rings. The minimum absolute atomic E-state index is 0.0946. The predicted molar refractivity (Wildman–Crippen MR) is 81.1 cm³/mol. The largest absolute Gasteiger partial charge is 0.378 e. The average molecular weight is 270 g/mol. The fraction of sp³-hybridized carbons (Fsp3) is 0.250. The molecule has 2 rings (SSSR count). The second-order valence-electron chi connectivity index (χ2n) is 5.03. The molecular weight excluding hydrogens is 252 g/mol. The summed E-state index contributed by atoms with van der Waals surface area (Å²) in [6.07, 6.45) is 0. The summed E-state index contributed by atoms with van der Waals surface area (Å²) >= 11 is 0. The summed E-state index contributed by atoms with van der Waals surface area (Å²) in [7, 11) is 0. The molecule has 1 unspecified atom stereocenters. The second kappa shape index (κ2) is 5.74. The molecule has 0 aliphatic heterocycles. The van der Waals surface area contributed by atoms with Crippen LogP contribution in [0.5, 0.6) is 0 Å². The lowest BCUT2D eigenvalue weighted by Crippen LogP contribution is -2.07. The van der Waals surface area contributed by atoms with Gasteiger partial charge < -0.3 is 5.32 Å². The molecule has 4 nitrogen and oxygen atoms in total. The fourth-order valence-corrected chi connectivity index (χ4v) is 2.18. The van der Waals surface area contributed by atoms with E-state index in [0.717, 1.165) is 11.3 Å². The van der Waals surface area contributed by atoms with Gasteiger partial charge in [-0.25, -0.2) is 0 Å². The summed E-state index contributed by atoms with van der Waals surface area (Å²) < 4.78 is 0. The molecule has 0 fully saturated rings. The van der Waals surface area contributed by atoms with E-state index in [9.17, 15) is 10.1 Å². The minimum Gasteiger partial charge on any atom is -0.378 e. The second-order valence-corrected chi connectivity index (χ2v) is 5.03. The van der Waals surface area contributed by atoms with Gasteiger partial charge >= 0.3 is 0 Å². The van der Waals surface area contributed by atoms with E-state index in [4.69, 9.17) is 0 Å². The van der Waals surface area contributed by atoms with Gasteiger partial charge in [0.15, 0.2) is 0 Å². The highest BCUT2D eigenvalue weighted by Crippen LogP contribution is 2.24. The molecule has 2 aromatic rings. The normalized spacial score (nSPS) is 11.9. The summed E-state index contributed by atoms with van der Waals surface area (Å²) in [4.78, 5) is 10.3. The van der Waals surface area contributed by atoms with Crippen molar-refractivity contribution in [1.29, 1.82) is 0 Å². The van der Waals surface area contributed by atoms with Crippen molar-refractivity contribution in [3.63, 3.8) is 0 Å². The minimum atomic E-state index is -0.383. The maximum atomic E-state index is 10.6. The van der Waals surface area contributed by atoms with Crippen molar-refractivity contribution in [2.75, 3.05) is 5.32 Å². The molecule has 0 saturated carbocycles. The van der Waals surface area contributed by atoms with Crippen LogP contribution in [0.4, 0.5) is 11.4 Å². The van der Waals surface area contributed by atoms with Gasteiger partial charge in [-0.2, -0.15) is 0 Å². The molecule has 0 saturated heterocycles. The number of non-ortho nitro benzene ring substituents is 1. The standard InChI is InChI=1S/C16H18N2O2/c1-11-4-9-16(12(2)10-11)17-13(3)14-5-7-15(8-6-14)18(19)20/h4-10,13,17H,1-3H3. The lowest BCUT2D eigenvalue weighted by molar-refractivity contribution is -0.384. The smallest absolute Gasteiger partial charge is 0.269 e. The summed E-state index contributed by atoms with van der Waals surface area (Å²) in [5.74, 6) is 0. The number of rotatable bonds is 4. The van der Waals surface area contributed by atoms with Gasteiger partial charge in [0.1, 0.15) is 0 Å². The molecule has 2 aromatic carbocycles. The highest BCUT2D eigenvalue weighted by Gasteiger charge is 2.09. The number of nitro groups is 1. The van der Waals surface area contributed by atoms with Gasteiger partial charge in [-0.05, 0) is 38.0 Å². The van der Waals surface area contributed by atoms with Crippen molar-refractivity contribution >= 4 is 11.4 Å². The van der Waals surface area contributed by atoms with Crippen LogP contribution in [0, 0.1) is 24.0 Å². The SMILES string of the molecule is Cc1ccc(NC(C)c2ccc([N+](=O)[O-])cc2)c(C)c1. The summed E-state index contributed by atoms with van der Waals surface area (Å²) in [5, 5.41) is 14.1. The van der Waals surface area contributed by atoms with E-state index in [2.05, 4.69) is 37.4 Å². The Morgan fingerprint density at radius 2 is 1.75 bits per heavy atom. The van der Waals surface area contributed by atoms with Crippen LogP contribution in [0.2, 0.25) is 0 Å². The lowest BCUT2D eigenvalue weighted by atomic mass is 10.1. The van der Waals surface area contributed by atoms with Gasteiger partial charge in [0.25, 0.3) is 5.69 Å². The van der Waals surface area contributed by atoms with Crippen LogP contribution in [0.15, 0.2) is 42.5 Å². The molecular formula is C16H18N2O2. The Hall–Kier alpha value is -2.36. The molecule has 0 aliphatic carbocycles. The van der Waals surface area contributed by atoms with Crippen LogP contribution < -0.4 is 5.32 Å². The molecule has 0 spiro atoms. The van der Waals surface area contributed by atoms with Crippen molar-refractivity contribution in [3.8, 4) is 0 Å². The molecule has 0 aromatic heterocycles. The van der Waals surface area contributed by atoms with Crippen molar-refractivity contribution in [2.45, 2.75) is 26.8 Å². The van der Waals surface area contributed by atoms with Crippen molar-refractivity contribution in [2.24, 2.45) is 0 Å². The number of nitrogens with zero attached hydrogens (tertiary/aromatic N) is 1. The van der Waals surface area contributed by atoms with E-state index in [1.54, 1.807) is 12.1 Å². The quantitative estimate of drug-likeness (QED) is 0.662. The van der Waals surface area contributed by atoms with E-state index in [-0.39, 0.29) is 16.7 Å². The first-order valence-corrected chi connectivity index (χ1v) is 6.55. The Morgan fingerprint density at radius 3 is 2.30 bits per heavy atom. The molecule has 1 N–H and O–H groups in total. The first-order valence-electron chi connectivity index (χ1n) is 6.55. The number of hydrogen-bond acceptors (Lipinski definition) is 3. The van der Waals surface area contributed by atoms with Crippen molar-refractivity contribution < 1.29 is 4.92 Å². The van der Waals surface area contributed by atoms with E-state index in [1.807, 2.05) is 6.92 Å². The van der Waals surface area contributed by atoms with E-state index >= 15 is 0 Å². The monoisotopic (exact) mass is 270 g/mol. The summed E-state index contributed by atoms with van der Waals surface area (Å²) in [6, 6.07) is 13.0. The molecule has 0 radical (unpaired) electrons. The maximum Gasteiger partial charge on any atom is 0.269 e. The molecule has 20 heavy (non-hydrogen) atoms. The highest BCUT2D eigenvalue weighted by atomic mass is 16.6. The van der Waals surface area contributed by atoms with Crippen LogP contribution in [0.3, 0.4) is 0 Å². The van der Waals surface area contributed by atoms with Gasteiger partial charge in [-0.3, -0.25) is 10.1 Å². The summed E-state index contributed by atoms with van der Waals surface area (Å²) in [6.45, 7) is 6.18. The molecule has 0 bridgehead atoms. The average Bonchev–Trinajstić information content (AvgIpc) is 2.42. The van der Waals surface area contributed by atoms with Crippen LogP contribution >= 0.6 is 0 Å². The van der Waals surface area contributed by atoms with Gasteiger partial charge in [0.2, 0.25) is 0 Å². The Bertz CT molecular complexity index is 621. The third-order valence-electron chi connectivity index (χ3n) is 3.36. The summed E-state index contributed by atoms with van der Waals surface area (Å²) in [5.41, 5.74) is 4.65. The van der Waals surface area contributed by atoms with Gasteiger partial charge in [0, 0.05) is 23.9 Å². The molecule has 104 valence electrons. The molecule has 0 heterocycles. The van der Waals surface area contributed by atoms with Crippen molar-refractivity contribution in [3.05, 3.63) is 69.3 Å². The Balaban J connectivity index is 2.15. The highest BCUT2D eigenvalue weighted by molar-refractivity contribution is 5.53. The Labute approximate surface area is 118 Å². The van der Waals surface area contributed by atoms with E-state index < -0.39 is 0 Å². The maximum absolute atomic E-state index is 10.6. The van der Waals surface area contributed by atoms with Crippen LogP contribution in [0.25, 0.3) is 0 Å². The van der Waals surface area contributed by atoms with Gasteiger partial charge in [-0.1, -0.05) is 29.8 Å². The predicted octanol–water partition coefficient (Wildman–Crippen LogP) is 4.38. The van der Waals surface area contributed by atoms with E-state index in [0.29, 0.717) is 0 Å².